The quantitative estimate of drug-likeness (QED) is 0.580. The first-order valence-corrected chi connectivity index (χ1v) is 12.9. The van der Waals surface area contributed by atoms with Gasteiger partial charge in [0, 0.05) is 31.2 Å². The van der Waals surface area contributed by atoms with E-state index in [9.17, 15) is 18.0 Å². The van der Waals surface area contributed by atoms with Crippen LogP contribution in [0.2, 0.25) is 0 Å². The van der Waals surface area contributed by atoms with E-state index in [2.05, 4.69) is 4.98 Å². The molecule has 10 heteroatoms. The number of sulfonamides is 1. The van der Waals surface area contributed by atoms with Gasteiger partial charge in [0.1, 0.15) is 11.4 Å². The van der Waals surface area contributed by atoms with Crippen LogP contribution in [-0.4, -0.2) is 48.8 Å². The van der Waals surface area contributed by atoms with Crippen molar-refractivity contribution in [2.45, 2.75) is 43.5 Å². The van der Waals surface area contributed by atoms with E-state index in [0.717, 1.165) is 41.6 Å². The van der Waals surface area contributed by atoms with Crippen LogP contribution in [0.5, 0.6) is 0 Å². The predicted octanol–water partition coefficient (Wildman–Crippen LogP) is 2.18. The smallest absolute Gasteiger partial charge is 0.262 e. The highest BCUT2D eigenvalue weighted by molar-refractivity contribution is 7.89. The average molecular weight is 473 g/mol. The lowest BCUT2D eigenvalue weighted by atomic mass is 10.0. The number of carbonyl (C=O) groups is 1. The first kappa shape index (κ1) is 21.3. The molecule has 0 atom stereocenters. The lowest BCUT2D eigenvalue weighted by Crippen LogP contribution is -2.39. The molecule has 168 valence electrons. The Hall–Kier alpha value is -2.56. The highest BCUT2D eigenvalue weighted by Gasteiger charge is 2.27. The summed E-state index contributed by atoms with van der Waals surface area (Å²) in [5.74, 6) is -0.204. The number of hydrogen-bond donors (Lipinski definition) is 0. The molecule has 0 fully saturated rings. The van der Waals surface area contributed by atoms with Crippen molar-refractivity contribution in [1.29, 1.82) is 0 Å². The number of aryl methyl sites for hydroxylation is 3. The van der Waals surface area contributed by atoms with E-state index in [1.54, 1.807) is 28.4 Å². The van der Waals surface area contributed by atoms with Crippen molar-refractivity contribution in [3.8, 4) is 0 Å². The summed E-state index contributed by atoms with van der Waals surface area (Å²) >= 11 is 1.58. The second kappa shape index (κ2) is 7.79. The minimum Gasteiger partial charge on any atom is -0.311 e. The number of thiophene rings is 1. The largest absolute Gasteiger partial charge is 0.311 e. The van der Waals surface area contributed by atoms with Crippen LogP contribution in [0.25, 0.3) is 10.2 Å². The molecule has 32 heavy (non-hydrogen) atoms. The zero-order chi connectivity index (χ0) is 22.6. The van der Waals surface area contributed by atoms with Gasteiger partial charge in [0.2, 0.25) is 15.9 Å². The number of rotatable bonds is 4. The summed E-state index contributed by atoms with van der Waals surface area (Å²) in [6.45, 7) is 0.438. The third-order valence-corrected chi connectivity index (χ3v) is 9.26. The normalized spacial score (nSPS) is 15.9. The monoisotopic (exact) mass is 472 g/mol. The zero-order valence-electron chi connectivity index (χ0n) is 18.0. The lowest BCUT2D eigenvalue weighted by molar-refractivity contribution is -0.119. The first-order chi connectivity index (χ1) is 15.3. The molecule has 5 rings (SSSR count). The maximum absolute atomic E-state index is 13.2. The van der Waals surface area contributed by atoms with E-state index in [4.69, 9.17) is 0 Å². The van der Waals surface area contributed by atoms with Crippen molar-refractivity contribution in [3.05, 3.63) is 50.9 Å². The highest BCUT2D eigenvalue weighted by atomic mass is 32.2. The molecular weight excluding hydrogens is 448 g/mol. The summed E-state index contributed by atoms with van der Waals surface area (Å²) in [6.07, 6.45) is 5.83. The van der Waals surface area contributed by atoms with Crippen LogP contribution in [0.4, 0.5) is 5.69 Å². The van der Waals surface area contributed by atoms with Gasteiger partial charge in [0.15, 0.2) is 0 Å². The molecule has 1 aromatic carbocycles. The van der Waals surface area contributed by atoms with E-state index in [-0.39, 0.29) is 22.9 Å². The van der Waals surface area contributed by atoms with Crippen LogP contribution in [0.1, 0.15) is 28.8 Å². The van der Waals surface area contributed by atoms with Crippen molar-refractivity contribution in [1.82, 2.24) is 13.9 Å². The van der Waals surface area contributed by atoms with Gasteiger partial charge in [-0.25, -0.2) is 17.7 Å². The molecule has 2 aliphatic rings. The summed E-state index contributed by atoms with van der Waals surface area (Å²) in [5, 5.41) is 0.662. The lowest BCUT2D eigenvalue weighted by Gasteiger charge is -2.30. The minimum absolute atomic E-state index is 0.0937. The second-order valence-corrected chi connectivity index (χ2v) is 11.7. The van der Waals surface area contributed by atoms with Gasteiger partial charge in [-0.1, -0.05) is 0 Å². The summed E-state index contributed by atoms with van der Waals surface area (Å²) in [5.41, 5.74) is 2.47. The molecule has 1 amide bonds. The average Bonchev–Trinajstić information content (AvgIpc) is 3.36. The molecule has 0 saturated carbocycles. The molecule has 0 radical (unpaired) electrons. The number of carbonyl (C=O) groups excluding carboxylic acids is 1. The van der Waals surface area contributed by atoms with Crippen molar-refractivity contribution in [2.75, 3.05) is 25.5 Å². The minimum atomic E-state index is -3.55. The molecule has 0 N–H and O–H groups in total. The Morgan fingerprint density at radius 3 is 2.78 bits per heavy atom. The SMILES string of the molecule is CN(C)S(=O)(=O)c1ccc2c(c1)CCCN2C(=O)Cn1cnc2sc3c(c2c1=O)CCC3. The van der Waals surface area contributed by atoms with Crippen LogP contribution in [0, 0.1) is 0 Å². The number of benzene rings is 1. The zero-order valence-corrected chi connectivity index (χ0v) is 19.6. The Morgan fingerprint density at radius 2 is 2.00 bits per heavy atom. The van der Waals surface area contributed by atoms with E-state index >= 15 is 0 Å². The van der Waals surface area contributed by atoms with E-state index in [1.807, 2.05) is 0 Å². The Bertz CT molecular complexity index is 1410. The van der Waals surface area contributed by atoms with Crippen molar-refractivity contribution in [3.63, 3.8) is 0 Å². The molecule has 8 nitrogen and oxygen atoms in total. The number of hydrogen-bond acceptors (Lipinski definition) is 6. The van der Waals surface area contributed by atoms with Crippen LogP contribution < -0.4 is 10.5 Å². The van der Waals surface area contributed by atoms with Gasteiger partial charge < -0.3 is 4.90 Å². The Labute approximate surface area is 190 Å². The molecular formula is C22H24N4O4S2. The number of aromatic nitrogens is 2. The molecule has 3 aromatic rings. The summed E-state index contributed by atoms with van der Waals surface area (Å²) in [7, 11) is -0.553. The van der Waals surface area contributed by atoms with E-state index in [1.165, 1.54) is 40.2 Å². The molecule has 2 aromatic heterocycles. The van der Waals surface area contributed by atoms with Crippen molar-refractivity contribution in [2.24, 2.45) is 0 Å². The first-order valence-electron chi connectivity index (χ1n) is 10.6. The van der Waals surface area contributed by atoms with Crippen LogP contribution in [-0.2, 0) is 40.6 Å². The summed E-state index contributed by atoms with van der Waals surface area (Å²) in [4.78, 5) is 34.6. The topological polar surface area (TPSA) is 92.6 Å². The number of nitrogens with zero attached hydrogens (tertiary/aromatic N) is 4. The molecule has 0 spiro atoms. The van der Waals surface area contributed by atoms with Gasteiger partial charge in [-0.15, -0.1) is 11.3 Å². The Balaban J connectivity index is 1.45. The van der Waals surface area contributed by atoms with Gasteiger partial charge in [-0.05, 0) is 61.4 Å². The molecule has 1 aliphatic heterocycles. The molecule has 0 saturated heterocycles. The van der Waals surface area contributed by atoms with Crippen LogP contribution >= 0.6 is 11.3 Å². The fraction of sp³-hybridized carbons (Fsp3) is 0.409. The molecule has 0 unspecified atom stereocenters. The van der Waals surface area contributed by atoms with Crippen molar-refractivity contribution >= 4 is 43.2 Å². The Kier molecular flexibility index (Phi) is 5.18. The predicted molar refractivity (Wildman–Crippen MR) is 124 cm³/mol. The molecule has 3 heterocycles. The molecule has 1 aliphatic carbocycles. The van der Waals surface area contributed by atoms with Gasteiger partial charge >= 0.3 is 0 Å². The van der Waals surface area contributed by atoms with E-state index < -0.39 is 10.0 Å². The van der Waals surface area contributed by atoms with Gasteiger partial charge in [0.25, 0.3) is 5.56 Å². The van der Waals surface area contributed by atoms with Gasteiger partial charge in [-0.2, -0.15) is 0 Å². The standard InChI is InChI=1S/C22H24N4O4S2/c1-24(2)32(29,30)15-8-9-17-14(11-15)5-4-10-26(17)19(27)12-25-13-23-21-20(22(25)28)16-6-3-7-18(16)31-21/h8-9,11,13H,3-7,10,12H2,1-2H3. The maximum Gasteiger partial charge on any atom is 0.262 e. The summed E-state index contributed by atoms with van der Waals surface area (Å²) < 4.78 is 27.5. The number of anilines is 1. The number of amides is 1. The van der Waals surface area contributed by atoms with Gasteiger partial charge in [0.05, 0.1) is 16.6 Å². The van der Waals surface area contributed by atoms with Gasteiger partial charge in [-0.3, -0.25) is 14.2 Å². The Morgan fingerprint density at radius 1 is 1.19 bits per heavy atom. The third kappa shape index (κ3) is 3.37. The highest BCUT2D eigenvalue weighted by Crippen LogP contribution is 2.34. The maximum atomic E-state index is 13.2. The fourth-order valence-corrected chi connectivity index (χ4v) is 6.74. The molecule has 0 bridgehead atoms. The summed E-state index contributed by atoms with van der Waals surface area (Å²) in [6, 6.07) is 4.88. The third-order valence-electron chi connectivity index (χ3n) is 6.25. The van der Waals surface area contributed by atoms with Crippen LogP contribution in [0.15, 0.2) is 34.2 Å². The second-order valence-electron chi connectivity index (χ2n) is 8.44. The van der Waals surface area contributed by atoms with Crippen LogP contribution in [0.3, 0.4) is 0 Å². The van der Waals surface area contributed by atoms with E-state index in [0.29, 0.717) is 24.0 Å². The van der Waals surface area contributed by atoms with Crippen molar-refractivity contribution < 1.29 is 13.2 Å². The fourth-order valence-electron chi connectivity index (χ4n) is 4.57. The number of fused-ring (bicyclic) bond motifs is 4.